The van der Waals surface area contributed by atoms with Crippen LogP contribution < -0.4 is 0 Å². The van der Waals surface area contributed by atoms with E-state index in [2.05, 4.69) is 31.9 Å². The summed E-state index contributed by atoms with van der Waals surface area (Å²) in [7, 11) is 0. The van der Waals surface area contributed by atoms with E-state index >= 15 is 0 Å². The van der Waals surface area contributed by atoms with Crippen LogP contribution in [0.15, 0.2) is 8.96 Å². The molecule has 0 rings (SSSR count). The Bertz CT molecular complexity index is 175. The lowest BCUT2D eigenvalue weighted by atomic mass is 10.6. The number of thiocyanates is 1. The Balaban J connectivity index is 3.82. The van der Waals surface area contributed by atoms with E-state index in [1.807, 2.05) is 5.40 Å². The topological polar surface area (TPSA) is 23.8 Å². The number of rotatable bonds is 3. The van der Waals surface area contributed by atoms with Crippen molar-refractivity contribution in [2.45, 2.75) is 0 Å². The van der Waals surface area contributed by atoms with Crippen molar-refractivity contribution >= 4 is 55.2 Å². The molecule has 1 nitrogen and oxygen atoms in total. The number of nitriles is 1. The summed E-state index contributed by atoms with van der Waals surface area (Å²) in [5.74, 6) is 1.08. The van der Waals surface area contributed by atoms with E-state index in [1.54, 1.807) is 0 Å². The molecule has 56 valence electrons. The number of thioether (sulfide) groups is 1. The van der Waals surface area contributed by atoms with Gasteiger partial charge >= 0.3 is 0 Å². The van der Waals surface area contributed by atoms with E-state index in [-0.39, 0.29) is 0 Å². The van der Waals surface area contributed by atoms with Gasteiger partial charge in [0.25, 0.3) is 0 Å². The van der Waals surface area contributed by atoms with E-state index in [1.165, 1.54) is 11.8 Å². The van der Waals surface area contributed by atoms with Crippen LogP contribution in [0.1, 0.15) is 0 Å². The molecule has 0 aromatic carbocycles. The number of alkyl halides is 1. The summed E-state index contributed by atoms with van der Waals surface area (Å²) in [5, 5.41) is 10.2. The second-order valence-corrected chi connectivity index (χ2v) is 4.27. The van der Waals surface area contributed by atoms with Crippen molar-refractivity contribution in [3.63, 3.8) is 0 Å². The van der Waals surface area contributed by atoms with Crippen molar-refractivity contribution in [2.75, 3.05) is 11.6 Å². The Morgan fingerprint density at radius 2 is 2.10 bits per heavy atom. The highest BCUT2D eigenvalue weighted by Gasteiger charge is 1.98. The number of hydrogen-bond acceptors (Lipinski definition) is 2. The van der Waals surface area contributed by atoms with Crippen LogP contribution in [0, 0.1) is 10.7 Å². The molecule has 0 saturated heterocycles. The molecule has 0 atom stereocenters. The van der Waals surface area contributed by atoms with Crippen molar-refractivity contribution in [1.82, 2.24) is 0 Å². The minimum Gasteiger partial charge on any atom is -0.185 e. The minimum atomic E-state index is 0.437. The van der Waals surface area contributed by atoms with Gasteiger partial charge in [0, 0.05) is 14.7 Å². The highest BCUT2D eigenvalue weighted by molar-refractivity contribution is 9.14. The van der Waals surface area contributed by atoms with Crippen LogP contribution in [0.2, 0.25) is 0 Å². The van der Waals surface area contributed by atoms with Crippen molar-refractivity contribution in [3.05, 3.63) is 8.96 Å². The van der Waals surface area contributed by atoms with Gasteiger partial charge < -0.3 is 0 Å². The summed E-state index contributed by atoms with van der Waals surface area (Å²) in [6, 6.07) is 0. The molecule has 0 aliphatic rings. The lowest BCUT2D eigenvalue weighted by Gasteiger charge is -1.95. The van der Waals surface area contributed by atoms with Gasteiger partial charge in [-0.1, -0.05) is 31.9 Å². The molecule has 0 aliphatic carbocycles. The first-order valence-electron chi connectivity index (χ1n) is 2.32. The average molecular weight is 305 g/mol. The molecule has 0 aromatic rings. The standard InChI is InChI=1S/C5H4Br2ClNS/c6-4(1-8)5(7)2-10-3-9/h1-2H2. The lowest BCUT2D eigenvalue weighted by Crippen LogP contribution is -1.81. The summed E-state index contributed by atoms with van der Waals surface area (Å²) >= 11 is 13.2. The third kappa shape index (κ3) is 4.62. The molecule has 0 aromatic heterocycles. The summed E-state index contributed by atoms with van der Waals surface area (Å²) in [6.45, 7) is 0. The molecule has 0 spiro atoms. The van der Waals surface area contributed by atoms with Gasteiger partial charge in [0.2, 0.25) is 0 Å². The molecule has 0 fully saturated rings. The van der Waals surface area contributed by atoms with Gasteiger partial charge in [-0.25, -0.2) is 0 Å². The first-order chi connectivity index (χ1) is 4.72. The molecule has 5 heteroatoms. The van der Waals surface area contributed by atoms with E-state index < -0.39 is 0 Å². The van der Waals surface area contributed by atoms with Gasteiger partial charge in [-0.3, -0.25) is 0 Å². The zero-order valence-electron chi connectivity index (χ0n) is 4.90. The SMILES string of the molecule is N#CSCC(Br)=C(Br)CCl. The van der Waals surface area contributed by atoms with Gasteiger partial charge in [0.15, 0.2) is 0 Å². The molecule has 0 amide bonds. The monoisotopic (exact) mass is 303 g/mol. The lowest BCUT2D eigenvalue weighted by molar-refractivity contribution is 1.56. The number of hydrogen-bond donors (Lipinski definition) is 0. The Morgan fingerprint density at radius 1 is 1.50 bits per heavy atom. The Labute approximate surface area is 86.1 Å². The highest BCUT2D eigenvalue weighted by atomic mass is 79.9. The van der Waals surface area contributed by atoms with Gasteiger partial charge in [-0.2, -0.15) is 5.26 Å². The molecule has 0 aliphatic heterocycles. The predicted molar refractivity (Wildman–Crippen MR) is 53.7 cm³/mol. The van der Waals surface area contributed by atoms with E-state index in [0.29, 0.717) is 11.6 Å². The summed E-state index contributed by atoms with van der Waals surface area (Å²) in [5.41, 5.74) is 0. The van der Waals surface area contributed by atoms with Crippen LogP contribution >= 0.6 is 55.2 Å². The highest BCUT2D eigenvalue weighted by Crippen LogP contribution is 2.22. The van der Waals surface area contributed by atoms with Gasteiger partial charge in [0.1, 0.15) is 5.40 Å². The van der Waals surface area contributed by atoms with Crippen LogP contribution in [0.25, 0.3) is 0 Å². The van der Waals surface area contributed by atoms with Gasteiger partial charge in [-0.05, 0) is 11.8 Å². The molecule has 0 bridgehead atoms. The van der Waals surface area contributed by atoms with Crippen molar-refractivity contribution < 1.29 is 0 Å². The molecule has 0 N–H and O–H groups in total. The fourth-order valence-electron chi connectivity index (χ4n) is 0.246. The van der Waals surface area contributed by atoms with Crippen LogP contribution in [0.5, 0.6) is 0 Å². The Kier molecular flexibility index (Phi) is 7.08. The first kappa shape index (κ1) is 10.8. The second-order valence-electron chi connectivity index (χ2n) is 1.32. The second kappa shape index (κ2) is 6.53. The van der Waals surface area contributed by atoms with Crippen LogP contribution in [-0.2, 0) is 0 Å². The maximum Gasteiger partial charge on any atom is 0.133 e. The quantitative estimate of drug-likeness (QED) is 0.589. The Hall–Kier alpha value is 0.830. The smallest absolute Gasteiger partial charge is 0.133 e. The number of halogens is 3. The van der Waals surface area contributed by atoms with E-state index in [9.17, 15) is 0 Å². The molecule has 10 heavy (non-hydrogen) atoms. The summed E-state index contributed by atoms with van der Waals surface area (Å²) in [4.78, 5) is 0. The maximum atomic E-state index is 8.19. The summed E-state index contributed by atoms with van der Waals surface area (Å²) < 4.78 is 1.84. The van der Waals surface area contributed by atoms with Crippen molar-refractivity contribution in [1.29, 1.82) is 5.26 Å². The third-order valence-corrected chi connectivity index (χ3v) is 4.25. The fraction of sp³-hybridized carbons (Fsp3) is 0.400. The average Bonchev–Trinajstić information content (AvgIpc) is 1.98. The summed E-state index contributed by atoms with van der Waals surface area (Å²) in [6.07, 6.45) is 0. The van der Waals surface area contributed by atoms with Crippen molar-refractivity contribution in [2.24, 2.45) is 0 Å². The molecule has 0 unspecified atom stereocenters. The fourth-order valence-corrected chi connectivity index (χ4v) is 1.74. The van der Waals surface area contributed by atoms with Crippen LogP contribution in [0.3, 0.4) is 0 Å². The molecular formula is C5H4Br2ClNS. The molecule has 0 heterocycles. The van der Waals surface area contributed by atoms with Crippen molar-refractivity contribution in [3.8, 4) is 5.40 Å². The molecular weight excluding hydrogens is 301 g/mol. The largest absolute Gasteiger partial charge is 0.185 e. The minimum absolute atomic E-state index is 0.437. The number of nitrogens with zero attached hydrogens (tertiary/aromatic N) is 1. The zero-order chi connectivity index (χ0) is 7.98. The molecule has 0 saturated carbocycles. The maximum absolute atomic E-state index is 8.19. The zero-order valence-corrected chi connectivity index (χ0v) is 9.65. The van der Waals surface area contributed by atoms with Crippen LogP contribution in [0.4, 0.5) is 0 Å². The number of allylic oxidation sites excluding steroid dienone is 1. The first-order valence-corrected chi connectivity index (χ1v) is 5.42. The third-order valence-electron chi connectivity index (χ3n) is 0.675. The van der Waals surface area contributed by atoms with Crippen LogP contribution in [-0.4, -0.2) is 11.6 Å². The van der Waals surface area contributed by atoms with E-state index in [0.717, 1.165) is 8.96 Å². The van der Waals surface area contributed by atoms with E-state index in [4.69, 9.17) is 16.9 Å². The predicted octanol–water partition coefficient (Wildman–Crippen LogP) is 3.44. The molecule has 0 radical (unpaired) electrons. The van der Waals surface area contributed by atoms with Gasteiger partial charge in [0.05, 0.1) is 5.88 Å². The Morgan fingerprint density at radius 3 is 2.50 bits per heavy atom. The van der Waals surface area contributed by atoms with Gasteiger partial charge in [-0.15, -0.1) is 11.6 Å². The normalized spacial score (nSPS) is 12.2.